The minimum absolute atomic E-state index is 0.0317. The summed E-state index contributed by atoms with van der Waals surface area (Å²) in [5, 5.41) is 5.19. The van der Waals surface area contributed by atoms with E-state index >= 15 is 0 Å². The van der Waals surface area contributed by atoms with Gasteiger partial charge in [-0.25, -0.2) is 0 Å². The molecule has 0 aromatic heterocycles. The van der Waals surface area contributed by atoms with Crippen molar-refractivity contribution in [2.75, 3.05) is 17.7 Å². The highest BCUT2D eigenvalue weighted by atomic mass is 16.5. The number of ketones is 1. The van der Waals surface area contributed by atoms with Crippen LogP contribution >= 0.6 is 0 Å². The molecule has 0 atom stereocenters. The number of carbonyl (C=O) groups is 3. The summed E-state index contributed by atoms with van der Waals surface area (Å²) in [6.07, 6.45) is 0. The van der Waals surface area contributed by atoms with E-state index in [1.165, 1.54) is 14.0 Å². The molecular formula is C21H24N2O4. The number of hydrogen-bond acceptors (Lipinski definition) is 4. The number of amides is 2. The molecule has 6 heteroatoms. The van der Waals surface area contributed by atoms with E-state index < -0.39 is 11.7 Å². The van der Waals surface area contributed by atoms with Crippen LogP contribution < -0.4 is 15.4 Å². The molecule has 0 aliphatic heterocycles. The highest BCUT2D eigenvalue weighted by molar-refractivity contribution is 6.46. The summed E-state index contributed by atoms with van der Waals surface area (Å²) in [5.74, 6) is -1.22. The minimum Gasteiger partial charge on any atom is -0.494 e. The molecule has 2 N–H and O–H groups in total. The second-order valence-electron chi connectivity index (χ2n) is 7.21. The summed E-state index contributed by atoms with van der Waals surface area (Å²) in [6.45, 7) is 7.62. The number of nitrogens with one attached hydrogen (secondary N) is 2. The lowest BCUT2D eigenvalue weighted by atomic mass is 9.86. The lowest BCUT2D eigenvalue weighted by Crippen LogP contribution is -2.23. The quantitative estimate of drug-likeness (QED) is 0.621. The molecule has 27 heavy (non-hydrogen) atoms. The Hall–Kier alpha value is -3.15. The molecule has 0 fully saturated rings. The lowest BCUT2D eigenvalue weighted by molar-refractivity contribution is -0.114. The third kappa shape index (κ3) is 5.17. The first-order chi connectivity index (χ1) is 12.6. The third-order valence-corrected chi connectivity index (χ3v) is 3.99. The first kappa shape index (κ1) is 20.2. The van der Waals surface area contributed by atoms with Crippen LogP contribution in [0.5, 0.6) is 5.75 Å². The van der Waals surface area contributed by atoms with E-state index in [9.17, 15) is 14.4 Å². The van der Waals surface area contributed by atoms with Gasteiger partial charge in [-0.15, -0.1) is 0 Å². The van der Waals surface area contributed by atoms with Crippen LogP contribution in [0.4, 0.5) is 11.4 Å². The van der Waals surface area contributed by atoms with Gasteiger partial charge >= 0.3 is 0 Å². The predicted octanol–water partition coefficient (Wildman–Crippen LogP) is 3.77. The number of Topliss-reactive ketones (excluding diaryl/α,β-unsaturated/α-hetero) is 1. The van der Waals surface area contributed by atoms with Crippen molar-refractivity contribution in [3.05, 3.63) is 53.6 Å². The number of benzene rings is 2. The van der Waals surface area contributed by atoms with E-state index in [4.69, 9.17) is 4.74 Å². The summed E-state index contributed by atoms with van der Waals surface area (Å²) in [6, 6.07) is 11.7. The molecule has 2 rings (SSSR count). The summed E-state index contributed by atoms with van der Waals surface area (Å²) in [5.41, 5.74) is 2.24. The molecule has 0 bridgehead atoms. The van der Waals surface area contributed by atoms with Crippen LogP contribution in [0.1, 0.15) is 43.6 Å². The van der Waals surface area contributed by atoms with Gasteiger partial charge in [0.1, 0.15) is 5.75 Å². The van der Waals surface area contributed by atoms with E-state index in [2.05, 4.69) is 31.4 Å². The van der Waals surface area contributed by atoms with Crippen LogP contribution in [0.25, 0.3) is 0 Å². The Balaban J connectivity index is 2.14. The van der Waals surface area contributed by atoms with Gasteiger partial charge < -0.3 is 15.4 Å². The van der Waals surface area contributed by atoms with Crippen LogP contribution in [0.2, 0.25) is 0 Å². The van der Waals surface area contributed by atoms with Crippen molar-refractivity contribution in [3.8, 4) is 5.75 Å². The average molecular weight is 368 g/mol. The normalized spacial score (nSPS) is 10.9. The number of methoxy groups -OCH3 is 1. The number of hydrogen-bond donors (Lipinski definition) is 2. The van der Waals surface area contributed by atoms with Crippen LogP contribution in [-0.2, 0) is 15.0 Å². The van der Waals surface area contributed by atoms with Crippen molar-refractivity contribution in [2.45, 2.75) is 33.1 Å². The fourth-order valence-electron chi connectivity index (χ4n) is 2.50. The average Bonchev–Trinajstić information content (AvgIpc) is 2.61. The standard InChI is InChI=1S/C21H24N2O4/c1-13(24)22-17-11-10-16(12-18(17)27-5)23-20(26)19(25)14-6-8-15(9-7-14)21(2,3)4/h6-12H,1-5H3,(H,22,24)(H,23,26). The molecular weight excluding hydrogens is 344 g/mol. The van der Waals surface area contributed by atoms with Gasteiger partial charge in [0, 0.05) is 24.2 Å². The number of carbonyl (C=O) groups excluding carboxylic acids is 3. The second kappa shape index (κ2) is 8.03. The molecule has 0 heterocycles. The van der Waals surface area contributed by atoms with Gasteiger partial charge in [0.2, 0.25) is 5.91 Å². The Morgan fingerprint density at radius 1 is 0.926 bits per heavy atom. The molecule has 2 aromatic rings. The maximum atomic E-state index is 12.4. The van der Waals surface area contributed by atoms with Crippen molar-refractivity contribution in [1.82, 2.24) is 0 Å². The van der Waals surface area contributed by atoms with Crippen molar-refractivity contribution in [3.63, 3.8) is 0 Å². The monoisotopic (exact) mass is 368 g/mol. The van der Waals surface area contributed by atoms with Crippen LogP contribution in [-0.4, -0.2) is 24.7 Å². The molecule has 2 amide bonds. The van der Waals surface area contributed by atoms with Crippen LogP contribution in [0.3, 0.4) is 0 Å². The van der Waals surface area contributed by atoms with Crippen LogP contribution in [0, 0.1) is 0 Å². The largest absolute Gasteiger partial charge is 0.494 e. The van der Waals surface area contributed by atoms with Gasteiger partial charge in [-0.3, -0.25) is 14.4 Å². The topological polar surface area (TPSA) is 84.5 Å². The Kier molecular flexibility index (Phi) is 6.00. The first-order valence-corrected chi connectivity index (χ1v) is 8.53. The number of ether oxygens (including phenoxy) is 1. The summed E-state index contributed by atoms with van der Waals surface area (Å²) in [4.78, 5) is 35.9. The highest BCUT2D eigenvalue weighted by Gasteiger charge is 2.19. The van der Waals surface area contributed by atoms with Crippen molar-refractivity contribution < 1.29 is 19.1 Å². The molecule has 2 aromatic carbocycles. The Morgan fingerprint density at radius 3 is 2.07 bits per heavy atom. The van der Waals surface area contributed by atoms with Gasteiger partial charge in [-0.05, 0) is 23.1 Å². The Bertz CT molecular complexity index is 865. The zero-order valence-corrected chi connectivity index (χ0v) is 16.2. The van der Waals surface area contributed by atoms with Gasteiger partial charge in [-0.2, -0.15) is 0 Å². The molecule has 0 unspecified atom stereocenters. The predicted molar refractivity (Wildman–Crippen MR) is 105 cm³/mol. The first-order valence-electron chi connectivity index (χ1n) is 8.53. The fourth-order valence-corrected chi connectivity index (χ4v) is 2.50. The van der Waals surface area contributed by atoms with Crippen LogP contribution in [0.15, 0.2) is 42.5 Å². The Labute approximate surface area is 158 Å². The van der Waals surface area contributed by atoms with E-state index in [1.807, 2.05) is 12.1 Å². The second-order valence-corrected chi connectivity index (χ2v) is 7.21. The van der Waals surface area contributed by atoms with Gasteiger partial charge in [0.05, 0.1) is 12.8 Å². The van der Waals surface area contributed by atoms with E-state index in [0.29, 0.717) is 22.7 Å². The van der Waals surface area contributed by atoms with Gasteiger partial charge in [0.15, 0.2) is 0 Å². The summed E-state index contributed by atoms with van der Waals surface area (Å²) in [7, 11) is 1.45. The van der Waals surface area contributed by atoms with Crippen molar-refractivity contribution >= 4 is 29.0 Å². The Morgan fingerprint density at radius 2 is 1.56 bits per heavy atom. The maximum absolute atomic E-state index is 12.4. The summed E-state index contributed by atoms with van der Waals surface area (Å²) < 4.78 is 5.21. The van der Waals surface area contributed by atoms with Crippen molar-refractivity contribution in [1.29, 1.82) is 0 Å². The SMILES string of the molecule is COc1cc(NC(=O)C(=O)c2ccc(C(C)(C)C)cc2)ccc1NC(C)=O. The molecule has 0 saturated carbocycles. The van der Waals surface area contributed by atoms with E-state index in [1.54, 1.807) is 30.3 Å². The maximum Gasteiger partial charge on any atom is 0.296 e. The number of anilines is 2. The van der Waals surface area contributed by atoms with Crippen molar-refractivity contribution in [2.24, 2.45) is 0 Å². The molecule has 0 saturated heterocycles. The smallest absolute Gasteiger partial charge is 0.296 e. The van der Waals surface area contributed by atoms with Gasteiger partial charge in [-0.1, -0.05) is 45.0 Å². The zero-order valence-electron chi connectivity index (χ0n) is 16.2. The molecule has 142 valence electrons. The minimum atomic E-state index is -0.743. The molecule has 6 nitrogen and oxygen atoms in total. The molecule has 0 aliphatic carbocycles. The van der Waals surface area contributed by atoms with E-state index in [0.717, 1.165) is 5.56 Å². The van der Waals surface area contributed by atoms with E-state index in [-0.39, 0.29) is 11.3 Å². The van der Waals surface area contributed by atoms with Gasteiger partial charge in [0.25, 0.3) is 11.7 Å². The number of rotatable bonds is 5. The third-order valence-electron chi connectivity index (χ3n) is 3.99. The zero-order chi connectivity index (χ0) is 20.2. The molecule has 0 aliphatic rings. The fraction of sp³-hybridized carbons (Fsp3) is 0.286. The highest BCUT2D eigenvalue weighted by Crippen LogP contribution is 2.28. The molecule has 0 radical (unpaired) electrons. The molecule has 0 spiro atoms. The summed E-state index contributed by atoms with van der Waals surface area (Å²) >= 11 is 0. The lowest BCUT2D eigenvalue weighted by Gasteiger charge is -2.18.